The third-order valence-electron chi connectivity index (χ3n) is 2.46. The summed E-state index contributed by atoms with van der Waals surface area (Å²) in [5, 5.41) is 3.30. The van der Waals surface area contributed by atoms with E-state index in [-0.39, 0.29) is 5.91 Å². The predicted octanol–water partition coefficient (Wildman–Crippen LogP) is 4.03. The molecule has 2 aromatic carbocycles. The molecule has 0 aliphatic rings. The van der Waals surface area contributed by atoms with Crippen LogP contribution in [0, 0.1) is 0 Å². The van der Waals surface area contributed by atoms with E-state index in [1.165, 1.54) is 0 Å². The molecule has 2 aromatic rings. The molecule has 18 heavy (non-hydrogen) atoms. The number of benzene rings is 2. The summed E-state index contributed by atoms with van der Waals surface area (Å²) in [6, 6.07) is 14.8. The van der Waals surface area contributed by atoms with Crippen LogP contribution in [-0.4, -0.2) is 5.91 Å². The van der Waals surface area contributed by atoms with Crippen LogP contribution in [0.4, 0.5) is 0 Å². The van der Waals surface area contributed by atoms with Gasteiger partial charge in [0.1, 0.15) is 0 Å². The van der Waals surface area contributed by atoms with Crippen LogP contribution in [0.15, 0.2) is 53.0 Å². The zero-order chi connectivity index (χ0) is 13.0. The second-order valence-corrected chi connectivity index (χ2v) is 5.12. The summed E-state index contributed by atoms with van der Waals surface area (Å²) < 4.78 is 0.993. The Labute approximate surface area is 119 Å². The van der Waals surface area contributed by atoms with Gasteiger partial charge in [0.25, 0.3) is 5.91 Å². The molecule has 0 heterocycles. The second kappa shape index (κ2) is 6.03. The van der Waals surface area contributed by atoms with Crippen LogP contribution in [0.3, 0.4) is 0 Å². The number of halogens is 2. The highest BCUT2D eigenvalue weighted by Crippen LogP contribution is 2.15. The van der Waals surface area contributed by atoms with E-state index in [4.69, 9.17) is 11.6 Å². The average Bonchev–Trinajstić information content (AvgIpc) is 2.37. The molecule has 2 nitrogen and oxygen atoms in total. The molecule has 0 bridgehead atoms. The van der Waals surface area contributed by atoms with Gasteiger partial charge < -0.3 is 5.32 Å². The maximum absolute atomic E-state index is 11.9. The van der Waals surface area contributed by atoms with Crippen molar-refractivity contribution in [1.29, 1.82) is 0 Å². The topological polar surface area (TPSA) is 29.1 Å². The summed E-state index contributed by atoms with van der Waals surface area (Å²) >= 11 is 9.35. The summed E-state index contributed by atoms with van der Waals surface area (Å²) in [6.07, 6.45) is 0. The van der Waals surface area contributed by atoms with Crippen molar-refractivity contribution < 1.29 is 4.79 Å². The van der Waals surface area contributed by atoms with Crippen molar-refractivity contribution in [1.82, 2.24) is 5.32 Å². The summed E-state index contributed by atoms with van der Waals surface area (Å²) in [7, 11) is 0. The highest BCUT2D eigenvalue weighted by atomic mass is 79.9. The predicted molar refractivity (Wildman–Crippen MR) is 76.8 cm³/mol. The Morgan fingerprint density at radius 3 is 2.67 bits per heavy atom. The Bertz CT molecular complexity index is 571. The molecule has 4 heteroatoms. The maximum Gasteiger partial charge on any atom is 0.253 e. The van der Waals surface area contributed by atoms with Crippen LogP contribution >= 0.6 is 27.5 Å². The Balaban J connectivity index is 2.03. The first-order valence-electron chi connectivity index (χ1n) is 5.44. The quantitative estimate of drug-likeness (QED) is 0.907. The van der Waals surface area contributed by atoms with Gasteiger partial charge >= 0.3 is 0 Å². The van der Waals surface area contributed by atoms with Crippen LogP contribution in [0.1, 0.15) is 15.9 Å². The number of rotatable bonds is 3. The van der Waals surface area contributed by atoms with Gasteiger partial charge in [0.2, 0.25) is 0 Å². The Morgan fingerprint density at radius 1 is 1.17 bits per heavy atom. The van der Waals surface area contributed by atoms with Gasteiger partial charge in [-0.3, -0.25) is 4.79 Å². The van der Waals surface area contributed by atoms with Gasteiger partial charge in [0.15, 0.2) is 0 Å². The van der Waals surface area contributed by atoms with Crippen LogP contribution in [0.2, 0.25) is 5.02 Å². The van der Waals surface area contributed by atoms with Crippen molar-refractivity contribution in [3.63, 3.8) is 0 Å². The van der Waals surface area contributed by atoms with Crippen LogP contribution in [-0.2, 0) is 6.54 Å². The van der Waals surface area contributed by atoms with Gasteiger partial charge in [0.05, 0.1) is 10.6 Å². The number of nitrogens with one attached hydrogen (secondary N) is 1. The number of amides is 1. The molecule has 1 N–H and O–H groups in total. The van der Waals surface area contributed by atoms with Crippen molar-refractivity contribution in [3.8, 4) is 0 Å². The molecule has 2 rings (SSSR count). The normalized spacial score (nSPS) is 10.1. The Hall–Kier alpha value is -1.32. The lowest BCUT2D eigenvalue weighted by molar-refractivity contribution is 0.0951. The van der Waals surface area contributed by atoms with Crippen molar-refractivity contribution >= 4 is 33.4 Å². The maximum atomic E-state index is 11.9. The molecule has 0 aliphatic carbocycles. The smallest absolute Gasteiger partial charge is 0.253 e. The van der Waals surface area contributed by atoms with Crippen molar-refractivity contribution in [2.75, 3.05) is 0 Å². The van der Waals surface area contributed by atoms with E-state index in [2.05, 4.69) is 21.2 Å². The first kappa shape index (κ1) is 13.1. The van der Waals surface area contributed by atoms with E-state index in [1.807, 2.05) is 24.3 Å². The molecule has 1 amide bonds. The number of hydrogen-bond donors (Lipinski definition) is 1. The molecular formula is C14H11BrClNO. The minimum atomic E-state index is -0.166. The van der Waals surface area contributed by atoms with Gasteiger partial charge in [-0.1, -0.05) is 51.8 Å². The fourth-order valence-corrected chi connectivity index (χ4v) is 2.24. The van der Waals surface area contributed by atoms with Crippen molar-refractivity contribution in [3.05, 3.63) is 69.2 Å². The van der Waals surface area contributed by atoms with Crippen LogP contribution < -0.4 is 5.32 Å². The SMILES string of the molecule is O=C(NCc1cccc(Br)c1)c1ccccc1Cl. The monoisotopic (exact) mass is 323 g/mol. The minimum absolute atomic E-state index is 0.166. The first-order chi connectivity index (χ1) is 8.66. The minimum Gasteiger partial charge on any atom is -0.348 e. The molecule has 0 fully saturated rings. The standard InChI is InChI=1S/C14H11BrClNO/c15-11-5-3-4-10(8-11)9-17-14(18)12-6-1-2-7-13(12)16/h1-8H,9H2,(H,17,18). The largest absolute Gasteiger partial charge is 0.348 e. The summed E-state index contributed by atoms with van der Waals surface area (Å²) in [5.41, 5.74) is 1.53. The van der Waals surface area contributed by atoms with Crippen LogP contribution in [0.5, 0.6) is 0 Å². The Kier molecular flexibility index (Phi) is 4.39. The summed E-state index contributed by atoms with van der Waals surface area (Å²) in [4.78, 5) is 11.9. The van der Waals surface area contributed by atoms with E-state index in [1.54, 1.807) is 24.3 Å². The highest BCUT2D eigenvalue weighted by molar-refractivity contribution is 9.10. The molecule has 0 saturated heterocycles. The molecule has 0 radical (unpaired) electrons. The van der Waals surface area contributed by atoms with E-state index in [0.29, 0.717) is 17.1 Å². The highest BCUT2D eigenvalue weighted by Gasteiger charge is 2.08. The number of hydrogen-bond acceptors (Lipinski definition) is 1. The van der Waals surface area contributed by atoms with E-state index < -0.39 is 0 Å². The first-order valence-corrected chi connectivity index (χ1v) is 6.61. The van der Waals surface area contributed by atoms with Crippen LogP contribution in [0.25, 0.3) is 0 Å². The molecule has 0 saturated carbocycles. The lowest BCUT2D eigenvalue weighted by Gasteiger charge is -2.07. The molecular weight excluding hydrogens is 314 g/mol. The molecule has 0 aliphatic heterocycles. The van der Waals surface area contributed by atoms with Gasteiger partial charge in [-0.15, -0.1) is 0 Å². The van der Waals surface area contributed by atoms with E-state index in [9.17, 15) is 4.79 Å². The zero-order valence-electron chi connectivity index (χ0n) is 9.49. The second-order valence-electron chi connectivity index (χ2n) is 3.79. The lowest BCUT2D eigenvalue weighted by atomic mass is 10.2. The summed E-state index contributed by atoms with van der Waals surface area (Å²) in [6.45, 7) is 0.476. The third-order valence-corrected chi connectivity index (χ3v) is 3.28. The van der Waals surface area contributed by atoms with E-state index >= 15 is 0 Å². The number of carbonyl (C=O) groups excluding carboxylic acids is 1. The number of carbonyl (C=O) groups is 1. The third kappa shape index (κ3) is 3.34. The van der Waals surface area contributed by atoms with Gasteiger partial charge in [0, 0.05) is 11.0 Å². The van der Waals surface area contributed by atoms with E-state index in [0.717, 1.165) is 10.0 Å². The molecule has 0 atom stereocenters. The molecule has 0 spiro atoms. The zero-order valence-corrected chi connectivity index (χ0v) is 11.8. The van der Waals surface area contributed by atoms with Gasteiger partial charge in [-0.2, -0.15) is 0 Å². The van der Waals surface area contributed by atoms with Gasteiger partial charge in [-0.25, -0.2) is 0 Å². The van der Waals surface area contributed by atoms with Gasteiger partial charge in [-0.05, 0) is 29.8 Å². The molecule has 92 valence electrons. The van der Waals surface area contributed by atoms with Crippen molar-refractivity contribution in [2.24, 2.45) is 0 Å². The van der Waals surface area contributed by atoms with Crippen molar-refractivity contribution in [2.45, 2.75) is 6.54 Å². The summed E-state index contributed by atoms with van der Waals surface area (Å²) in [5.74, 6) is -0.166. The Morgan fingerprint density at radius 2 is 1.94 bits per heavy atom. The fraction of sp³-hybridized carbons (Fsp3) is 0.0714. The lowest BCUT2D eigenvalue weighted by Crippen LogP contribution is -2.23. The molecule has 0 aromatic heterocycles. The fourth-order valence-electron chi connectivity index (χ4n) is 1.57. The molecule has 0 unspecified atom stereocenters. The average molecular weight is 325 g/mol.